The van der Waals surface area contributed by atoms with Crippen molar-refractivity contribution in [2.24, 2.45) is 0 Å². The van der Waals surface area contributed by atoms with Gasteiger partial charge < -0.3 is 20.7 Å². The van der Waals surface area contributed by atoms with E-state index in [1.807, 2.05) is 6.92 Å². The molecule has 0 bridgehead atoms. The number of rotatable bonds is 10. The highest BCUT2D eigenvalue weighted by Crippen LogP contribution is 2.09. The van der Waals surface area contributed by atoms with Crippen molar-refractivity contribution >= 4 is 11.6 Å². The van der Waals surface area contributed by atoms with Crippen molar-refractivity contribution in [3.05, 3.63) is 11.9 Å². The molecule has 1 aromatic heterocycles. The minimum absolute atomic E-state index is 0.396. The summed E-state index contributed by atoms with van der Waals surface area (Å²) >= 11 is 0. The zero-order valence-corrected chi connectivity index (χ0v) is 12.9. The molecule has 0 aromatic carbocycles. The molecule has 0 saturated heterocycles. The lowest BCUT2D eigenvalue weighted by Crippen LogP contribution is -2.29. The molecule has 0 unspecified atom stereocenters. The third-order valence-corrected chi connectivity index (χ3v) is 2.95. The number of ether oxygens (including phenoxy) is 1. The molecule has 0 aliphatic heterocycles. The van der Waals surface area contributed by atoms with E-state index in [0.717, 1.165) is 32.0 Å². The number of hydrogen-bond donors (Lipinski definition) is 2. The Kier molecular flexibility index (Phi) is 7.91. The van der Waals surface area contributed by atoms with Crippen LogP contribution in [0.15, 0.2) is 6.07 Å². The molecule has 0 radical (unpaired) electrons. The molecule has 0 amide bonds. The van der Waals surface area contributed by atoms with Crippen molar-refractivity contribution in [3.8, 4) is 0 Å². The summed E-state index contributed by atoms with van der Waals surface area (Å²) in [6.07, 6.45) is 1.17. The second-order valence-electron chi connectivity index (χ2n) is 4.59. The molecule has 6 nitrogen and oxygen atoms in total. The van der Waals surface area contributed by atoms with E-state index >= 15 is 0 Å². The summed E-state index contributed by atoms with van der Waals surface area (Å²) in [5.41, 5.74) is 5.78. The van der Waals surface area contributed by atoms with Gasteiger partial charge in [0.05, 0.1) is 0 Å². The first kappa shape index (κ1) is 16.7. The maximum atomic E-state index is 5.78. The van der Waals surface area contributed by atoms with E-state index in [1.54, 1.807) is 6.07 Å². The van der Waals surface area contributed by atoms with Gasteiger partial charge in [-0.15, -0.1) is 0 Å². The van der Waals surface area contributed by atoms with Gasteiger partial charge in [0.1, 0.15) is 18.2 Å². The van der Waals surface area contributed by atoms with E-state index in [1.165, 1.54) is 6.42 Å². The highest BCUT2D eigenvalue weighted by molar-refractivity contribution is 5.44. The Labute approximate surface area is 121 Å². The molecular formula is C14H27N5O. The number of anilines is 2. The van der Waals surface area contributed by atoms with Gasteiger partial charge >= 0.3 is 0 Å². The summed E-state index contributed by atoms with van der Waals surface area (Å²) in [5, 5.41) is 3.30. The lowest BCUT2D eigenvalue weighted by atomic mass is 10.4. The van der Waals surface area contributed by atoms with Crippen LogP contribution in [-0.2, 0) is 11.3 Å². The molecule has 3 N–H and O–H groups in total. The quantitative estimate of drug-likeness (QED) is 0.680. The predicted octanol–water partition coefficient (Wildman–Crippen LogP) is 1.74. The largest absolute Gasteiger partial charge is 0.384 e. The van der Waals surface area contributed by atoms with Gasteiger partial charge in [-0.1, -0.05) is 13.8 Å². The third kappa shape index (κ3) is 6.16. The number of aromatic nitrogens is 2. The second kappa shape index (κ2) is 9.50. The predicted molar refractivity (Wildman–Crippen MR) is 82.7 cm³/mol. The lowest BCUT2D eigenvalue weighted by molar-refractivity contribution is 0.128. The fourth-order valence-electron chi connectivity index (χ4n) is 1.95. The van der Waals surface area contributed by atoms with Crippen LogP contribution in [0.1, 0.15) is 33.0 Å². The summed E-state index contributed by atoms with van der Waals surface area (Å²) in [5.74, 6) is 1.85. The Bertz CT molecular complexity index is 386. The van der Waals surface area contributed by atoms with Crippen LogP contribution in [0, 0.1) is 0 Å². The third-order valence-electron chi connectivity index (χ3n) is 2.95. The van der Waals surface area contributed by atoms with Crippen LogP contribution in [0.2, 0.25) is 0 Å². The second-order valence-corrected chi connectivity index (χ2v) is 4.59. The van der Waals surface area contributed by atoms with E-state index < -0.39 is 0 Å². The van der Waals surface area contributed by atoms with Gasteiger partial charge in [0.2, 0.25) is 0 Å². The molecule has 114 valence electrons. The molecule has 0 aliphatic rings. The highest BCUT2D eigenvalue weighted by atomic mass is 16.5. The Morgan fingerprint density at radius 3 is 2.70 bits per heavy atom. The van der Waals surface area contributed by atoms with Gasteiger partial charge in [-0.3, -0.25) is 0 Å². The first-order valence-electron chi connectivity index (χ1n) is 7.36. The van der Waals surface area contributed by atoms with Crippen LogP contribution < -0.4 is 11.1 Å². The minimum atomic E-state index is 0.396. The molecule has 0 spiro atoms. The number of nitrogens with zero attached hydrogens (tertiary/aromatic N) is 3. The van der Waals surface area contributed by atoms with Crippen molar-refractivity contribution < 1.29 is 4.74 Å². The minimum Gasteiger partial charge on any atom is -0.384 e. The summed E-state index contributed by atoms with van der Waals surface area (Å²) in [6.45, 7) is 11.4. The summed E-state index contributed by atoms with van der Waals surface area (Å²) in [4.78, 5) is 10.9. The van der Waals surface area contributed by atoms with Crippen molar-refractivity contribution in [1.82, 2.24) is 14.9 Å². The highest BCUT2D eigenvalue weighted by Gasteiger charge is 2.04. The van der Waals surface area contributed by atoms with Gasteiger partial charge in [-0.2, -0.15) is 0 Å². The maximum Gasteiger partial charge on any atom is 0.158 e. The van der Waals surface area contributed by atoms with Crippen molar-refractivity contribution in [2.45, 2.75) is 33.8 Å². The number of nitrogens with one attached hydrogen (secondary N) is 1. The molecule has 6 heteroatoms. The Morgan fingerprint density at radius 1 is 1.25 bits per heavy atom. The summed E-state index contributed by atoms with van der Waals surface area (Å²) in [7, 11) is 0. The molecule has 0 fully saturated rings. The molecule has 0 atom stereocenters. The Morgan fingerprint density at radius 2 is 2.05 bits per heavy atom. The van der Waals surface area contributed by atoms with Gasteiger partial charge in [0.25, 0.3) is 0 Å². The summed E-state index contributed by atoms with van der Waals surface area (Å²) in [6, 6.07) is 1.76. The Balaban J connectivity index is 2.48. The average molecular weight is 281 g/mol. The molecule has 1 heterocycles. The van der Waals surface area contributed by atoms with Gasteiger partial charge in [0.15, 0.2) is 5.82 Å². The van der Waals surface area contributed by atoms with Gasteiger partial charge in [0, 0.05) is 25.8 Å². The van der Waals surface area contributed by atoms with E-state index in [-0.39, 0.29) is 0 Å². The van der Waals surface area contributed by atoms with E-state index in [4.69, 9.17) is 10.5 Å². The molecule has 1 rings (SSSR count). The molecular weight excluding hydrogens is 254 g/mol. The lowest BCUT2D eigenvalue weighted by Gasteiger charge is -2.19. The summed E-state index contributed by atoms with van der Waals surface area (Å²) < 4.78 is 5.31. The Hall–Kier alpha value is -1.40. The smallest absolute Gasteiger partial charge is 0.158 e. The number of likely N-dealkylation sites (N-methyl/N-ethyl adjacent to an activating group) is 1. The fraction of sp³-hybridized carbons (Fsp3) is 0.714. The number of hydrogen-bond acceptors (Lipinski definition) is 6. The maximum absolute atomic E-state index is 5.78. The van der Waals surface area contributed by atoms with E-state index in [0.29, 0.717) is 24.9 Å². The average Bonchev–Trinajstić information content (AvgIpc) is 2.43. The van der Waals surface area contributed by atoms with Crippen LogP contribution in [0.5, 0.6) is 0 Å². The number of nitrogens with two attached hydrogens (primary N) is 1. The van der Waals surface area contributed by atoms with Crippen molar-refractivity contribution in [1.29, 1.82) is 0 Å². The molecule has 20 heavy (non-hydrogen) atoms. The van der Waals surface area contributed by atoms with Crippen LogP contribution in [-0.4, -0.2) is 47.7 Å². The first-order chi connectivity index (χ1) is 9.69. The van der Waals surface area contributed by atoms with Crippen molar-refractivity contribution in [3.63, 3.8) is 0 Å². The topological polar surface area (TPSA) is 76.3 Å². The van der Waals surface area contributed by atoms with Gasteiger partial charge in [-0.25, -0.2) is 9.97 Å². The zero-order valence-electron chi connectivity index (χ0n) is 12.9. The normalized spacial score (nSPS) is 11.0. The zero-order chi connectivity index (χ0) is 14.8. The fourth-order valence-corrected chi connectivity index (χ4v) is 1.95. The van der Waals surface area contributed by atoms with Crippen molar-refractivity contribution in [2.75, 3.05) is 43.8 Å². The van der Waals surface area contributed by atoms with Gasteiger partial charge in [-0.05, 0) is 26.4 Å². The first-order valence-corrected chi connectivity index (χ1v) is 7.36. The monoisotopic (exact) mass is 281 g/mol. The number of nitrogen functional groups attached to an aromatic ring is 1. The molecule has 0 saturated carbocycles. The van der Waals surface area contributed by atoms with Crippen LogP contribution in [0.25, 0.3) is 0 Å². The van der Waals surface area contributed by atoms with E-state index in [2.05, 4.69) is 34.0 Å². The van der Waals surface area contributed by atoms with E-state index in [9.17, 15) is 0 Å². The standard InChI is InChI=1S/C14H27N5O/c1-4-8-19(5-2)9-7-16-13-10-12(15)17-14(18-13)11-20-6-3/h10H,4-9,11H2,1-3H3,(H3,15,16,17,18). The van der Waals surface area contributed by atoms with Crippen LogP contribution in [0.3, 0.4) is 0 Å². The van der Waals surface area contributed by atoms with Crippen LogP contribution in [0.4, 0.5) is 11.6 Å². The molecule has 0 aliphatic carbocycles. The van der Waals surface area contributed by atoms with Crippen LogP contribution >= 0.6 is 0 Å². The SMILES string of the molecule is CCCN(CC)CCNc1cc(N)nc(COCC)n1. The molecule has 1 aromatic rings.